The molecule has 2 N–H and O–H groups in total. The SMILES string of the molecule is CCn1c(C)c(N)c(=O)n1C1C2CC3CC(C2)CC1C3. The molecular weight excluding hydrogens is 250 g/mol. The zero-order valence-corrected chi connectivity index (χ0v) is 12.5. The molecule has 0 spiro atoms. The van der Waals surface area contributed by atoms with Crippen molar-refractivity contribution < 1.29 is 0 Å². The van der Waals surface area contributed by atoms with Crippen LogP contribution in [0.3, 0.4) is 0 Å². The van der Waals surface area contributed by atoms with Gasteiger partial charge in [-0.25, -0.2) is 4.68 Å². The van der Waals surface area contributed by atoms with E-state index in [2.05, 4.69) is 11.6 Å². The van der Waals surface area contributed by atoms with Gasteiger partial charge in [-0.2, -0.15) is 0 Å². The second kappa shape index (κ2) is 4.15. The molecule has 1 heterocycles. The number of nitrogen functional groups attached to an aromatic ring is 1. The Morgan fingerprint density at radius 2 is 1.65 bits per heavy atom. The second-order valence-electron chi connectivity index (χ2n) is 7.29. The monoisotopic (exact) mass is 275 g/mol. The maximum absolute atomic E-state index is 12.6. The van der Waals surface area contributed by atoms with Gasteiger partial charge in [0.2, 0.25) is 0 Å². The van der Waals surface area contributed by atoms with E-state index in [0.717, 1.165) is 24.1 Å². The Morgan fingerprint density at radius 3 is 2.15 bits per heavy atom. The summed E-state index contributed by atoms with van der Waals surface area (Å²) in [5.41, 5.74) is 7.48. The van der Waals surface area contributed by atoms with Gasteiger partial charge in [-0.1, -0.05) is 0 Å². The molecule has 0 radical (unpaired) electrons. The van der Waals surface area contributed by atoms with E-state index in [9.17, 15) is 4.79 Å². The molecule has 5 rings (SSSR count). The van der Waals surface area contributed by atoms with Crippen molar-refractivity contribution in [2.24, 2.45) is 23.7 Å². The van der Waals surface area contributed by atoms with E-state index in [1.165, 1.54) is 32.1 Å². The summed E-state index contributed by atoms with van der Waals surface area (Å²) in [6, 6.07) is 0.409. The third kappa shape index (κ3) is 1.51. The molecule has 110 valence electrons. The molecule has 4 aliphatic rings. The molecule has 4 saturated carbocycles. The molecule has 4 nitrogen and oxygen atoms in total. The molecular formula is C16H25N3O. The second-order valence-corrected chi connectivity index (χ2v) is 7.29. The van der Waals surface area contributed by atoms with E-state index < -0.39 is 0 Å². The van der Waals surface area contributed by atoms with Crippen LogP contribution in [0, 0.1) is 30.6 Å². The molecule has 4 bridgehead atoms. The molecule has 0 amide bonds. The number of hydrogen-bond acceptors (Lipinski definition) is 2. The summed E-state index contributed by atoms with van der Waals surface area (Å²) < 4.78 is 4.17. The van der Waals surface area contributed by atoms with Crippen molar-refractivity contribution in [1.82, 2.24) is 9.36 Å². The topological polar surface area (TPSA) is 52.9 Å². The first-order valence-electron chi connectivity index (χ1n) is 8.17. The first-order valence-corrected chi connectivity index (χ1v) is 8.17. The minimum Gasteiger partial charge on any atom is -0.393 e. The highest BCUT2D eigenvalue weighted by atomic mass is 16.1. The van der Waals surface area contributed by atoms with Crippen LogP contribution in [-0.2, 0) is 6.54 Å². The van der Waals surface area contributed by atoms with Gasteiger partial charge in [-0.3, -0.25) is 9.48 Å². The van der Waals surface area contributed by atoms with Crippen LogP contribution in [0.5, 0.6) is 0 Å². The van der Waals surface area contributed by atoms with Gasteiger partial charge in [0.05, 0.1) is 11.7 Å². The Hall–Kier alpha value is -1.19. The van der Waals surface area contributed by atoms with Crippen molar-refractivity contribution in [3.8, 4) is 0 Å². The van der Waals surface area contributed by atoms with Crippen LogP contribution in [0.1, 0.15) is 50.8 Å². The summed E-state index contributed by atoms with van der Waals surface area (Å²) in [5.74, 6) is 3.30. The van der Waals surface area contributed by atoms with Gasteiger partial charge < -0.3 is 5.73 Å². The average molecular weight is 275 g/mol. The summed E-state index contributed by atoms with van der Waals surface area (Å²) in [5, 5.41) is 0. The fourth-order valence-electron chi connectivity index (χ4n) is 5.67. The van der Waals surface area contributed by atoms with Gasteiger partial charge in [0, 0.05) is 6.54 Å². The first-order chi connectivity index (χ1) is 9.60. The number of aromatic nitrogens is 2. The standard InChI is InChI=1S/C16H25N3O/c1-3-18-9(2)14(17)16(20)19(18)15-12-5-10-4-11(7-12)8-13(15)6-10/h10-13,15H,3-8,17H2,1-2H3. The minimum absolute atomic E-state index is 0.0572. The van der Waals surface area contributed by atoms with Crippen molar-refractivity contribution >= 4 is 5.69 Å². The van der Waals surface area contributed by atoms with Gasteiger partial charge >= 0.3 is 0 Å². The van der Waals surface area contributed by atoms with Gasteiger partial charge in [-0.15, -0.1) is 0 Å². The predicted octanol–water partition coefficient (Wildman–Crippen LogP) is 2.56. The van der Waals surface area contributed by atoms with Crippen LogP contribution < -0.4 is 11.3 Å². The third-order valence-electron chi connectivity index (χ3n) is 6.23. The highest BCUT2D eigenvalue weighted by molar-refractivity contribution is 5.40. The van der Waals surface area contributed by atoms with Crippen LogP contribution in [0.15, 0.2) is 4.79 Å². The fourth-order valence-corrected chi connectivity index (χ4v) is 5.67. The van der Waals surface area contributed by atoms with Gasteiger partial charge in [0.15, 0.2) is 0 Å². The Balaban J connectivity index is 1.82. The first kappa shape index (κ1) is 12.5. The number of hydrogen-bond donors (Lipinski definition) is 1. The highest BCUT2D eigenvalue weighted by Crippen LogP contribution is 2.58. The summed E-state index contributed by atoms with van der Waals surface area (Å²) in [4.78, 5) is 12.6. The lowest BCUT2D eigenvalue weighted by atomic mass is 9.54. The van der Waals surface area contributed by atoms with E-state index in [4.69, 9.17) is 5.73 Å². The molecule has 0 aromatic carbocycles. The summed E-state index contributed by atoms with van der Waals surface area (Å²) >= 11 is 0. The minimum atomic E-state index is 0.0572. The van der Waals surface area contributed by atoms with E-state index in [-0.39, 0.29) is 5.56 Å². The van der Waals surface area contributed by atoms with Crippen LogP contribution in [0.25, 0.3) is 0 Å². The van der Waals surface area contributed by atoms with E-state index >= 15 is 0 Å². The maximum atomic E-state index is 12.6. The molecule has 0 aliphatic heterocycles. The van der Waals surface area contributed by atoms with E-state index in [1.54, 1.807) is 0 Å². The van der Waals surface area contributed by atoms with Crippen molar-refractivity contribution in [2.75, 3.05) is 5.73 Å². The zero-order valence-electron chi connectivity index (χ0n) is 12.5. The number of anilines is 1. The number of nitrogens with two attached hydrogens (primary N) is 1. The van der Waals surface area contributed by atoms with Gasteiger partial charge in [0.25, 0.3) is 5.56 Å². The lowest BCUT2D eigenvalue weighted by Gasteiger charge is -2.54. The molecule has 0 saturated heterocycles. The number of nitrogens with zero attached hydrogens (tertiary/aromatic N) is 2. The quantitative estimate of drug-likeness (QED) is 0.902. The molecule has 4 heteroatoms. The molecule has 4 aliphatic carbocycles. The molecule has 4 fully saturated rings. The fraction of sp³-hybridized carbons (Fsp3) is 0.812. The van der Waals surface area contributed by atoms with Gasteiger partial charge in [-0.05, 0) is 69.6 Å². The van der Waals surface area contributed by atoms with Crippen molar-refractivity contribution in [3.63, 3.8) is 0 Å². The average Bonchev–Trinajstić information content (AvgIpc) is 2.62. The zero-order chi connectivity index (χ0) is 14.0. The highest BCUT2D eigenvalue weighted by Gasteiger charge is 2.50. The lowest BCUT2D eigenvalue weighted by Crippen LogP contribution is -2.49. The summed E-state index contributed by atoms with van der Waals surface area (Å²) in [7, 11) is 0. The van der Waals surface area contributed by atoms with Crippen molar-refractivity contribution in [2.45, 2.75) is 58.5 Å². The Labute approximate surface area is 119 Å². The van der Waals surface area contributed by atoms with E-state index in [0.29, 0.717) is 23.6 Å². The Bertz CT molecular complexity index is 570. The lowest BCUT2D eigenvalue weighted by molar-refractivity contribution is -0.0395. The predicted molar refractivity (Wildman–Crippen MR) is 79.6 cm³/mol. The van der Waals surface area contributed by atoms with Gasteiger partial charge in [0.1, 0.15) is 5.69 Å². The molecule has 1 aromatic heterocycles. The molecule has 0 unspecified atom stereocenters. The number of rotatable bonds is 2. The third-order valence-corrected chi connectivity index (χ3v) is 6.23. The maximum Gasteiger partial charge on any atom is 0.290 e. The van der Waals surface area contributed by atoms with Crippen molar-refractivity contribution in [1.29, 1.82) is 0 Å². The van der Waals surface area contributed by atoms with Crippen LogP contribution in [0.4, 0.5) is 5.69 Å². The summed E-state index contributed by atoms with van der Waals surface area (Å²) in [6.07, 6.45) is 6.77. The summed E-state index contributed by atoms with van der Waals surface area (Å²) in [6.45, 7) is 4.92. The van der Waals surface area contributed by atoms with Crippen LogP contribution >= 0.6 is 0 Å². The molecule has 0 atom stereocenters. The van der Waals surface area contributed by atoms with E-state index in [1.807, 2.05) is 11.6 Å². The smallest absolute Gasteiger partial charge is 0.290 e. The van der Waals surface area contributed by atoms with Crippen LogP contribution in [0.2, 0.25) is 0 Å². The normalized spacial score (nSPS) is 38.6. The van der Waals surface area contributed by atoms with Crippen LogP contribution in [-0.4, -0.2) is 9.36 Å². The largest absolute Gasteiger partial charge is 0.393 e. The molecule has 20 heavy (non-hydrogen) atoms. The molecule has 1 aromatic rings. The Morgan fingerprint density at radius 1 is 1.10 bits per heavy atom. The van der Waals surface area contributed by atoms with Crippen molar-refractivity contribution in [3.05, 3.63) is 16.0 Å². The Kier molecular flexibility index (Phi) is 2.60.